The molecule has 2 aromatic carbocycles. The molecule has 2 aromatic rings. The second kappa shape index (κ2) is 13.4. The SMILES string of the molecule is CN=C(NCCC(=O)Nc1ccc(Br)cc1)NCCc1ccc(OC)cc1.I. The van der Waals surface area contributed by atoms with Gasteiger partial charge < -0.3 is 20.7 Å². The van der Waals surface area contributed by atoms with Gasteiger partial charge in [-0.1, -0.05) is 28.1 Å². The standard InChI is InChI=1S/C20H25BrN4O2.HI/c1-22-20(23-13-11-15-3-9-18(27-2)10-4-15)24-14-12-19(26)25-17-7-5-16(21)6-8-17;/h3-10H,11-14H2,1-2H3,(H,25,26)(H2,22,23,24);1H. The Bertz CT molecular complexity index is 752. The van der Waals surface area contributed by atoms with Gasteiger partial charge >= 0.3 is 0 Å². The number of aliphatic imine (C=N–C) groups is 1. The summed E-state index contributed by atoms with van der Waals surface area (Å²) < 4.78 is 6.13. The number of amides is 1. The van der Waals surface area contributed by atoms with Crippen molar-refractivity contribution in [2.45, 2.75) is 12.8 Å². The van der Waals surface area contributed by atoms with Gasteiger partial charge in [0.05, 0.1) is 7.11 Å². The first kappa shape index (κ1) is 24.2. The molecule has 0 heterocycles. The first-order valence-corrected chi connectivity index (χ1v) is 9.53. The van der Waals surface area contributed by atoms with Crippen molar-refractivity contribution >= 4 is 57.5 Å². The van der Waals surface area contributed by atoms with Crippen molar-refractivity contribution in [2.24, 2.45) is 4.99 Å². The molecule has 0 saturated carbocycles. The molecular weight excluding hydrogens is 535 g/mol. The highest BCUT2D eigenvalue weighted by atomic mass is 127. The molecule has 0 aliphatic heterocycles. The minimum Gasteiger partial charge on any atom is -0.497 e. The lowest BCUT2D eigenvalue weighted by Crippen LogP contribution is -2.39. The van der Waals surface area contributed by atoms with E-state index < -0.39 is 0 Å². The number of halogens is 2. The molecule has 0 saturated heterocycles. The lowest BCUT2D eigenvalue weighted by atomic mass is 10.1. The summed E-state index contributed by atoms with van der Waals surface area (Å²) in [6.45, 7) is 1.25. The molecule has 0 aliphatic rings. The largest absolute Gasteiger partial charge is 0.497 e. The number of carbonyl (C=O) groups excluding carboxylic acids is 1. The van der Waals surface area contributed by atoms with Gasteiger partial charge in [-0.05, 0) is 48.4 Å². The Morgan fingerprint density at radius 1 is 1.04 bits per heavy atom. The zero-order valence-electron chi connectivity index (χ0n) is 16.0. The molecule has 0 atom stereocenters. The molecule has 3 N–H and O–H groups in total. The number of hydrogen-bond donors (Lipinski definition) is 3. The van der Waals surface area contributed by atoms with Crippen molar-refractivity contribution in [3.63, 3.8) is 0 Å². The van der Waals surface area contributed by atoms with Gasteiger partial charge in [0.1, 0.15) is 5.75 Å². The number of nitrogens with one attached hydrogen (secondary N) is 3. The highest BCUT2D eigenvalue weighted by Crippen LogP contribution is 2.14. The number of guanidine groups is 1. The maximum Gasteiger partial charge on any atom is 0.226 e. The lowest BCUT2D eigenvalue weighted by molar-refractivity contribution is -0.116. The molecule has 0 unspecified atom stereocenters. The third-order valence-corrected chi connectivity index (χ3v) is 4.39. The summed E-state index contributed by atoms with van der Waals surface area (Å²) in [6, 6.07) is 15.5. The predicted octanol–water partition coefficient (Wildman–Crippen LogP) is 3.81. The number of hydrogen-bond acceptors (Lipinski definition) is 3. The maximum atomic E-state index is 12.0. The molecule has 8 heteroatoms. The Balaban J connectivity index is 0.00000392. The number of benzene rings is 2. The second-order valence-electron chi connectivity index (χ2n) is 5.83. The molecule has 0 aliphatic carbocycles. The van der Waals surface area contributed by atoms with Crippen LogP contribution in [-0.2, 0) is 11.2 Å². The van der Waals surface area contributed by atoms with E-state index in [9.17, 15) is 4.79 Å². The topological polar surface area (TPSA) is 74.8 Å². The van der Waals surface area contributed by atoms with Crippen LogP contribution in [0.25, 0.3) is 0 Å². The van der Waals surface area contributed by atoms with Gasteiger partial charge in [-0.15, -0.1) is 24.0 Å². The molecule has 0 bridgehead atoms. The summed E-state index contributed by atoms with van der Waals surface area (Å²) in [7, 11) is 3.37. The summed E-state index contributed by atoms with van der Waals surface area (Å²) >= 11 is 3.37. The smallest absolute Gasteiger partial charge is 0.226 e. The van der Waals surface area contributed by atoms with E-state index in [1.807, 2.05) is 48.5 Å². The van der Waals surface area contributed by atoms with Crippen LogP contribution in [0.5, 0.6) is 5.75 Å². The lowest BCUT2D eigenvalue weighted by Gasteiger charge is -2.12. The molecule has 28 heavy (non-hydrogen) atoms. The first-order chi connectivity index (χ1) is 13.1. The van der Waals surface area contributed by atoms with E-state index in [0.717, 1.165) is 28.9 Å². The van der Waals surface area contributed by atoms with Crippen LogP contribution in [-0.4, -0.2) is 39.1 Å². The number of methoxy groups -OCH3 is 1. The molecule has 152 valence electrons. The van der Waals surface area contributed by atoms with Gasteiger partial charge in [0.15, 0.2) is 5.96 Å². The highest BCUT2D eigenvalue weighted by Gasteiger charge is 2.04. The van der Waals surface area contributed by atoms with Gasteiger partial charge in [0.2, 0.25) is 5.91 Å². The molecule has 0 fully saturated rings. The Labute approximate surface area is 191 Å². The van der Waals surface area contributed by atoms with Gasteiger partial charge in [-0.25, -0.2) is 0 Å². The van der Waals surface area contributed by atoms with E-state index in [0.29, 0.717) is 18.9 Å². The summed E-state index contributed by atoms with van der Waals surface area (Å²) in [6.07, 6.45) is 1.23. The average molecular weight is 561 g/mol. The Kier molecular flexibility index (Phi) is 11.6. The number of anilines is 1. The number of carbonyl (C=O) groups is 1. The van der Waals surface area contributed by atoms with Gasteiger partial charge in [-0.3, -0.25) is 9.79 Å². The molecule has 0 aromatic heterocycles. The summed E-state index contributed by atoms with van der Waals surface area (Å²) in [5.74, 6) is 1.49. The Morgan fingerprint density at radius 2 is 1.68 bits per heavy atom. The van der Waals surface area contributed by atoms with Crippen LogP contribution in [0.3, 0.4) is 0 Å². The van der Waals surface area contributed by atoms with Crippen LogP contribution < -0.4 is 20.7 Å². The third kappa shape index (κ3) is 8.92. The van der Waals surface area contributed by atoms with Crippen molar-refractivity contribution in [1.29, 1.82) is 0 Å². The van der Waals surface area contributed by atoms with Crippen molar-refractivity contribution < 1.29 is 9.53 Å². The van der Waals surface area contributed by atoms with Crippen LogP contribution in [0, 0.1) is 0 Å². The first-order valence-electron chi connectivity index (χ1n) is 8.73. The molecule has 1 amide bonds. The van der Waals surface area contributed by atoms with E-state index >= 15 is 0 Å². The molecule has 0 radical (unpaired) electrons. The molecule has 2 rings (SSSR count). The minimum absolute atomic E-state index is 0. The molecule has 6 nitrogen and oxygen atoms in total. The van der Waals surface area contributed by atoms with Crippen LogP contribution in [0.4, 0.5) is 5.69 Å². The predicted molar refractivity (Wildman–Crippen MR) is 129 cm³/mol. The summed E-state index contributed by atoms with van der Waals surface area (Å²) in [4.78, 5) is 16.2. The van der Waals surface area contributed by atoms with E-state index in [1.165, 1.54) is 5.56 Å². The maximum absolute atomic E-state index is 12.0. The fraction of sp³-hybridized carbons (Fsp3) is 0.300. The van der Waals surface area contributed by atoms with Gasteiger partial charge in [0.25, 0.3) is 0 Å². The minimum atomic E-state index is -0.0430. The fourth-order valence-corrected chi connectivity index (χ4v) is 2.65. The highest BCUT2D eigenvalue weighted by molar-refractivity contribution is 14.0. The monoisotopic (exact) mass is 560 g/mol. The third-order valence-electron chi connectivity index (χ3n) is 3.86. The van der Waals surface area contributed by atoms with E-state index in [1.54, 1.807) is 14.2 Å². The van der Waals surface area contributed by atoms with E-state index in [-0.39, 0.29) is 29.9 Å². The van der Waals surface area contributed by atoms with Gasteiger partial charge in [0, 0.05) is 36.7 Å². The van der Waals surface area contributed by atoms with Crippen molar-refractivity contribution in [3.05, 3.63) is 58.6 Å². The van der Waals surface area contributed by atoms with Crippen LogP contribution in [0.1, 0.15) is 12.0 Å². The summed E-state index contributed by atoms with van der Waals surface area (Å²) in [5.41, 5.74) is 2.00. The Hall–Kier alpha value is -1.81. The quantitative estimate of drug-likeness (QED) is 0.261. The fourth-order valence-electron chi connectivity index (χ4n) is 2.39. The van der Waals surface area contributed by atoms with Gasteiger partial charge in [-0.2, -0.15) is 0 Å². The molecular formula is C20H26BrIN4O2. The number of nitrogens with zero attached hydrogens (tertiary/aromatic N) is 1. The van der Waals surface area contributed by atoms with Crippen LogP contribution in [0.2, 0.25) is 0 Å². The zero-order valence-corrected chi connectivity index (χ0v) is 19.9. The number of ether oxygens (including phenoxy) is 1. The van der Waals surface area contributed by atoms with Crippen LogP contribution >= 0.6 is 39.9 Å². The van der Waals surface area contributed by atoms with Crippen LogP contribution in [0.15, 0.2) is 58.0 Å². The normalized spacial score (nSPS) is 10.6. The van der Waals surface area contributed by atoms with E-state index in [2.05, 4.69) is 36.9 Å². The second-order valence-corrected chi connectivity index (χ2v) is 6.74. The summed E-state index contributed by atoms with van der Waals surface area (Å²) in [5, 5.41) is 9.26. The zero-order chi connectivity index (χ0) is 19.5. The van der Waals surface area contributed by atoms with Crippen molar-refractivity contribution in [3.8, 4) is 5.75 Å². The Morgan fingerprint density at radius 3 is 2.29 bits per heavy atom. The van der Waals surface area contributed by atoms with Crippen molar-refractivity contribution in [2.75, 3.05) is 32.6 Å². The van der Waals surface area contributed by atoms with Crippen molar-refractivity contribution in [1.82, 2.24) is 10.6 Å². The van der Waals surface area contributed by atoms with E-state index in [4.69, 9.17) is 4.74 Å². The number of rotatable bonds is 8. The molecule has 0 spiro atoms. The average Bonchev–Trinajstić information content (AvgIpc) is 2.69.